The first kappa shape index (κ1) is 18.2. The predicted molar refractivity (Wildman–Crippen MR) is 101 cm³/mol. The van der Waals surface area contributed by atoms with Gasteiger partial charge in [0.1, 0.15) is 0 Å². The fourth-order valence-electron chi connectivity index (χ4n) is 3.74. The minimum atomic E-state index is -0.747. The number of amides is 1. The zero-order valence-corrected chi connectivity index (χ0v) is 14.9. The van der Waals surface area contributed by atoms with Crippen molar-refractivity contribution in [2.45, 2.75) is 31.6 Å². The normalized spacial score (nSPS) is 15.2. The molecule has 0 atom stereocenters. The summed E-state index contributed by atoms with van der Waals surface area (Å²) in [6.45, 7) is 1.32. The van der Waals surface area contributed by atoms with Crippen molar-refractivity contribution in [2.75, 3.05) is 13.1 Å². The molecule has 4 nitrogen and oxygen atoms in total. The number of carbonyl (C=O) groups excluding carboxylic acids is 1. The van der Waals surface area contributed by atoms with Crippen molar-refractivity contribution in [1.29, 1.82) is 0 Å². The van der Waals surface area contributed by atoms with E-state index in [1.165, 1.54) is 0 Å². The minimum Gasteiger partial charge on any atom is -0.481 e. The Hall–Kier alpha value is -2.62. The third-order valence-corrected chi connectivity index (χ3v) is 5.21. The van der Waals surface area contributed by atoms with Gasteiger partial charge in [0.2, 0.25) is 5.91 Å². The summed E-state index contributed by atoms with van der Waals surface area (Å²) in [7, 11) is 0. The number of benzene rings is 2. The fourth-order valence-corrected chi connectivity index (χ4v) is 3.74. The second kappa shape index (κ2) is 8.65. The summed E-state index contributed by atoms with van der Waals surface area (Å²) in [6.07, 6.45) is 2.20. The summed E-state index contributed by atoms with van der Waals surface area (Å²) < 4.78 is 0. The third kappa shape index (κ3) is 4.72. The van der Waals surface area contributed by atoms with E-state index in [1.807, 2.05) is 41.3 Å². The molecule has 136 valence electrons. The largest absolute Gasteiger partial charge is 0.481 e. The molecule has 1 amide bonds. The maximum Gasteiger partial charge on any atom is 0.303 e. The average molecular weight is 351 g/mol. The first-order valence-corrected chi connectivity index (χ1v) is 9.23. The molecule has 1 aliphatic heterocycles. The molecule has 1 N–H and O–H groups in total. The van der Waals surface area contributed by atoms with Crippen LogP contribution in [0.5, 0.6) is 0 Å². The van der Waals surface area contributed by atoms with Crippen molar-refractivity contribution >= 4 is 11.9 Å². The Morgan fingerprint density at radius 1 is 0.923 bits per heavy atom. The van der Waals surface area contributed by atoms with E-state index in [0.29, 0.717) is 19.5 Å². The monoisotopic (exact) mass is 351 g/mol. The molecule has 0 aromatic heterocycles. The SMILES string of the molecule is O=C(O)CC1CCN(C(=O)CC(c2ccccc2)c2ccccc2)CC1. The molecule has 0 unspecified atom stereocenters. The molecular weight excluding hydrogens is 326 g/mol. The van der Waals surface area contributed by atoms with Gasteiger partial charge in [-0.15, -0.1) is 0 Å². The smallest absolute Gasteiger partial charge is 0.303 e. The lowest BCUT2D eigenvalue weighted by atomic mass is 9.87. The molecule has 0 spiro atoms. The van der Waals surface area contributed by atoms with Gasteiger partial charge in [0.25, 0.3) is 0 Å². The zero-order valence-electron chi connectivity index (χ0n) is 14.9. The number of carboxylic acids is 1. The van der Waals surface area contributed by atoms with Gasteiger partial charge in [-0.3, -0.25) is 9.59 Å². The molecule has 1 aliphatic rings. The van der Waals surface area contributed by atoms with Gasteiger partial charge >= 0.3 is 5.97 Å². The van der Waals surface area contributed by atoms with Crippen LogP contribution in [-0.4, -0.2) is 35.0 Å². The van der Waals surface area contributed by atoms with Crippen LogP contribution in [0.3, 0.4) is 0 Å². The lowest BCUT2D eigenvalue weighted by Gasteiger charge is -2.32. The molecule has 26 heavy (non-hydrogen) atoms. The van der Waals surface area contributed by atoms with Gasteiger partial charge in [-0.2, -0.15) is 0 Å². The van der Waals surface area contributed by atoms with Crippen LogP contribution in [-0.2, 0) is 9.59 Å². The maximum absolute atomic E-state index is 12.9. The van der Waals surface area contributed by atoms with Crippen LogP contribution in [0.1, 0.15) is 42.7 Å². The number of carbonyl (C=O) groups is 2. The maximum atomic E-state index is 12.9. The van der Waals surface area contributed by atoms with Crippen molar-refractivity contribution in [3.63, 3.8) is 0 Å². The van der Waals surface area contributed by atoms with E-state index in [0.717, 1.165) is 24.0 Å². The van der Waals surface area contributed by atoms with Crippen LogP contribution in [0.4, 0.5) is 0 Å². The van der Waals surface area contributed by atoms with Gasteiger partial charge in [0.05, 0.1) is 0 Å². The zero-order chi connectivity index (χ0) is 18.4. The highest BCUT2D eigenvalue weighted by Crippen LogP contribution is 2.29. The van der Waals surface area contributed by atoms with Crippen molar-refractivity contribution in [1.82, 2.24) is 4.90 Å². The lowest BCUT2D eigenvalue weighted by molar-refractivity contribution is -0.138. The van der Waals surface area contributed by atoms with E-state index in [-0.39, 0.29) is 24.2 Å². The molecule has 1 fully saturated rings. The van der Waals surface area contributed by atoms with Gasteiger partial charge in [0.15, 0.2) is 0 Å². The highest BCUT2D eigenvalue weighted by molar-refractivity contribution is 5.78. The predicted octanol–water partition coefficient (Wildman–Crippen LogP) is 3.92. The van der Waals surface area contributed by atoms with Crippen LogP contribution in [0, 0.1) is 5.92 Å². The van der Waals surface area contributed by atoms with Crippen LogP contribution >= 0.6 is 0 Å². The van der Waals surface area contributed by atoms with Gasteiger partial charge in [-0.1, -0.05) is 60.7 Å². The molecule has 0 saturated carbocycles. The van der Waals surface area contributed by atoms with E-state index < -0.39 is 5.97 Å². The molecule has 2 aromatic carbocycles. The average Bonchev–Trinajstić information content (AvgIpc) is 2.67. The summed E-state index contributed by atoms with van der Waals surface area (Å²) in [5, 5.41) is 8.93. The molecule has 0 aliphatic carbocycles. The highest BCUT2D eigenvalue weighted by Gasteiger charge is 2.26. The number of piperidine rings is 1. The second-order valence-corrected chi connectivity index (χ2v) is 7.00. The second-order valence-electron chi connectivity index (χ2n) is 7.00. The van der Waals surface area contributed by atoms with Gasteiger partial charge < -0.3 is 10.0 Å². The van der Waals surface area contributed by atoms with Gasteiger partial charge in [-0.25, -0.2) is 0 Å². The number of hydrogen-bond donors (Lipinski definition) is 1. The van der Waals surface area contributed by atoms with Crippen molar-refractivity contribution in [3.8, 4) is 0 Å². The van der Waals surface area contributed by atoms with Crippen molar-refractivity contribution in [3.05, 3.63) is 71.8 Å². The van der Waals surface area contributed by atoms with E-state index in [9.17, 15) is 9.59 Å². The topological polar surface area (TPSA) is 57.6 Å². The first-order valence-electron chi connectivity index (χ1n) is 9.23. The molecule has 4 heteroatoms. The Kier molecular flexibility index (Phi) is 6.05. The summed E-state index contributed by atoms with van der Waals surface area (Å²) in [5.74, 6) is -0.364. The summed E-state index contributed by atoms with van der Waals surface area (Å²) in [6, 6.07) is 20.3. The number of rotatable bonds is 6. The van der Waals surface area contributed by atoms with Crippen LogP contribution < -0.4 is 0 Å². The molecule has 2 aromatic rings. The summed E-state index contributed by atoms with van der Waals surface area (Å²) in [5.41, 5.74) is 2.29. The van der Waals surface area contributed by atoms with Gasteiger partial charge in [0, 0.05) is 31.8 Å². The Balaban J connectivity index is 1.68. The quantitative estimate of drug-likeness (QED) is 0.858. The van der Waals surface area contributed by atoms with Crippen molar-refractivity contribution in [2.24, 2.45) is 5.92 Å². The number of nitrogens with zero attached hydrogens (tertiary/aromatic N) is 1. The minimum absolute atomic E-state index is 0.0432. The Morgan fingerprint density at radius 3 is 1.88 bits per heavy atom. The van der Waals surface area contributed by atoms with E-state index in [2.05, 4.69) is 24.3 Å². The standard InChI is InChI=1S/C22H25NO3/c24-21(23-13-11-17(12-14-23)15-22(25)26)16-20(18-7-3-1-4-8-18)19-9-5-2-6-10-19/h1-10,17,20H,11-16H2,(H,25,26). The number of carboxylic acid groups (broad SMARTS) is 1. The Labute approximate surface area is 154 Å². The highest BCUT2D eigenvalue weighted by atomic mass is 16.4. The summed E-state index contributed by atoms with van der Waals surface area (Å²) >= 11 is 0. The Bertz CT molecular complexity index is 682. The Morgan fingerprint density at radius 2 is 1.42 bits per heavy atom. The van der Waals surface area contributed by atoms with Crippen LogP contribution in [0.25, 0.3) is 0 Å². The molecular formula is C22H25NO3. The number of aliphatic carboxylic acids is 1. The molecule has 3 rings (SSSR count). The number of hydrogen-bond acceptors (Lipinski definition) is 2. The van der Waals surface area contributed by atoms with Crippen LogP contribution in [0.15, 0.2) is 60.7 Å². The van der Waals surface area contributed by atoms with E-state index >= 15 is 0 Å². The first-order chi connectivity index (χ1) is 12.6. The van der Waals surface area contributed by atoms with E-state index in [4.69, 9.17) is 5.11 Å². The molecule has 0 bridgehead atoms. The third-order valence-electron chi connectivity index (χ3n) is 5.21. The fraction of sp³-hybridized carbons (Fsp3) is 0.364. The molecule has 1 heterocycles. The van der Waals surface area contributed by atoms with Crippen molar-refractivity contribution < 1.29 is 14.7 Å². The molecule has 1 saturated heterocycles. The summed E-state index contributed by atoms with van der Waals surface area (Å²) in [4.78, 5) is 25.7. The molecule has 0 radical (unpaired) electrons. The van der Waals surface area contributed by atoms with Gasteiger partial charge in [-0.05, 0) is 29.9 Å². The van der Waals surface area contributed by atoms with E-state index in [1.54, 1.807) is 0 Å². The lowest BCUT2D eigenvalue weighted by Crippen LogP contribution is -2.39. The van der Waals surface area contributed by atoms with Crippen LogP contribution in [0.2, 0.25) is 0 Å². The number of likely N-dealkylation sites (tertiary alicyclic amines) is 1.